The molecule has 1 aromatic carbocycles. The molecule has 1 N–H and O–H groups in total. The minimum atomic E-state index is -0.931. The maximum absolute atomic E-state index is 12.6. The fourth-order valence-electron chi connectivity index (χ4n) is 8.50. The molecular weight excluding hydrogens is 438 g/mol. The summed E-state index contributed by atoms with van der Waals surface area (Å²) in [6.45, 7) is 5.28. The van der Waals surface area contributed by atoms with E-state index in [4.69, 9.17) is 14.2 Å². The molecule has 3 aliphatic carbocycles. The molecule has 4 aliphatic rings. The highest BCUT2D eigenvalue weighted by molar-refractivity contribution is 5.46. The largest absolute Gasteiger partial charge is 0.497 e. The van der Waals surface area contributed by atoms with E-state index in [0.717, 1.165) is 83.0 Å². The van der Waals surface area contributed by atoms with Crippen LogP contribution in [0.2, 0.25) is 0 Å². The van der Waals surface area contributed by atoms with Gasteiger partial charge in [0, 0.05) is 17.9 Å². The standard InChI is InChI=1S/C30H43NO4/c1-4-5-7-15-30(32)19-28(2)24(12-13-25(28)35-26-9-6-8-17-34-26)29(20-31)16-14-21-18-22(33-3)10-11-23(21)27(29)30/h10-11,18,24-27,32H,4-9,12-17,19H2,1-3H3/t24-,25?,26?,27-,28+,29?,30?/m1/s1. The van der Waals surface area contributed by atoms with Crippen LogP contribution in [0.3, 0.4) is 0 Å². The number of aryl methyl sites for hydroxylation is 1. The summed E-state index contributed by atoms with van der Waals surface area (Å²) in [5, 5.41) is 23.6. The monoisotopic (exact) mass is 481 g/mol. The summed E-state index contributed by atoms with van der Waals surface area (Å²) in [7, 11) is 1.70. The van der Waals surface area contributed by atoms with Gasteiger partial charge in [-0.3, -0.25) is 0 Å². The zero-order valence-electron chi connectivity index (χ0n) is 21.9. The van der Waals surface area contributed by atoms with Gasteiger partial charge in [-0.2, -0.15) is 5.26 Å². The van der Waals surface area contributed by atoms with E-state index in [-0.39, 0.29) is 29.6 Å². The Balaban J connectivity index is 1.56. The number of fused-ring (bicyclic) bond motifs is 5. The van der Waals surface area contributed by atoms with Crippen molar-refractivity contribution in [3.05, 3.63) is 29.3 Å². The van der Waals surface area contributed by atoms with E-state index in [9.17, 15) is 10.4 Å². The van der Waals surface area contributed by atoms with Crippen molar-refractivity contribution in [1.29, 1.82) is 5.26 Å². The lowest BCUT2D eigenvalue weighted by molar-refractivity contribution is -0.232. The third kappa shape index (κ3) is 4.10. The van der Waals surface area contributed by atoms with Crippen molar-refractivity contribution in [3.63, 3.8) is 0 Å². The second-order valence-corrected chi connectivity index (χ2v) is 11.9. The predicted octanol–water partition coefficient (Wildman–Crippen LogP) is 6.28. The molecule has 2 saturated carbocycles. The Bertz CT molecular complexity index is 952. The number of unbranched alkanes of at least 4 members (excludes halogenated alkanes) is 2. The van der Waals surface area contributed by atoms with Crippen LogP contribution in [0.4, 0.5) is 0 Å². The normalized spacial score (nSPS) is 40.3. The van der Waals surface area contributed by atoms with Gasteiger partial charge in [0.15, 0.2) is 6.29 Å². The molecule has 35 heavy (non-hydrogen) atoms. The van der Waals surface area contributed by atoms with Crippen molar-refractivity contribution in [2.24, 2.45) is 16.7 Å². The summed E-state index contributed by atoms with van der Waals surface area (Å²) in [6, 6.07) is 9.14. The number of rotatable bonds is 7. The molecule has 5 rings (SSSR count). The Morgan fingerprint density at radius 2 is 2.06 bits per heavy atom. The first-order chi connectivity index (χ1) is 16.9. The molecule has 0 bridgehead atoms. The van der Waals surface area contributed by atoms with Crippen LogP contribution < -0.4 is 4.74 Å². The molecule has 7 atom stereocenters. The smallest absolute Gasteiger partial charge is 0.157 e. The highest BCUT2D eigenvalue weighted by Gasteiger charge is 2.69. The fourth-order valence-corrected chi connectivity index (χ4v) is 8.50. The summed E-state index contributed by atoms with van der Waals surface area (Å²) in [5.74, 6) is 0.889. The molecule has 0 amide bonds. The molecule has 5 heteroatoms. The van der Waals surface area contributed by atoms with Gasteiger partial charge >= 0.3 is 0 Å². The van der Waals surface area contributed by atoms with Crippen LogP contribution in [0.25, 0.3) is 0 Å². The van der Waals surface area contributed by atoms with E-state index in [1.807, 2.05) is 6.07 Å². The van der Waals surface area contributed by atoms with Crippen molar-refractivity contribution in [3.8, 4) is 11.8 Å². The average molecular weight is 482 g/mol. The van der Waals surface area contributed by atoms with E-state index in [2.05, 4.69) is 32.0 Å². The van der Waals surface area contributed by atoms with Gasteiger partial charge in [0.1, 0.15) is 5.75 Å². The van der Waals surface area contributed by atoms with Gasteiger partial charge < -0.3 is 19.3 Å². The van der Waals surface area contributed by atoms with Crippen LogP contribution >= 0.6 is 0 Å². The highest BCUT2D eigenvalue weighted by Crippen LogP contribution is 2.70. The third-order valence-electron chi connectivity index (χ3n) is 9.95. The van der Waals surface area contributed by atoms with Gasteiger partial charge in [-0.1, -0.05) is 39.2 Å². The molecular formula is C30H43NO4. The number of ether oxygens (including phenoxy) is 3. The zero-order valence-corrected chi connectivity index (χ0v) is 21.9. The van der Waals surface area contributed by atoms with Crippen LogP contribution in [-0.4, -0.2) is 36.8 Å². The van der Waals surface area contributed by atoms with Crippen LogP contribution in [0, 0.1) is 28.1 Å². The highest BCUT2D eigenvalue weighted by atomic mass is 16.7. The van der Waals surface area contributed by atoms with E-state index < -0.39 is 11.0 Å². The molecule has 1 saturated heterocycles. The molecule has 4 unspecified atom stereocenters. The molecule has 0 spiro atoms. The summed E-state index contributed by atoms with van der Waals surface area (Å²) in [4.78, 5) is 0. The first-order valence-corrected chi connectivity index (χ1v) is 14.0. The molecule has 0 radical (unpaired) electrons. The van der Waals surface area contributed by atoms with Crippen molar-refractivity contribution in [2.45, 2.75) is 115 Å². The van der Waals surface area contributed by atoms with Gasteiger partial charge in [-0.25, -0.2) is 0 Å². The first-order valence-electron chi connectivity index (χ1n) is 14.0. The molecule has 192 valence electrons. The summed E-state index contributed by atoms with van der Waals surface area (Å²) in [6.07, 6.45) is 11.2. The van der Waals surface area contributed by atoms with Gasteiger partial charge in [-0.15, -0.1) is 0 Å². The van der Waals surface area contributed by atoms with Crippen LogP contribution in [-0.2, 0) is 15.9 Å². The van der Waals surface area contributed by atoms with E-state index in [0.29, 0.717) is 6.42 Å². The number of methoxy groups -OCH3 is 1. The quantitative estimate of drug-likeness (QED) is 0.464. The Morgan fingerprint density at radius 3 is 2.77 bits per heavy atom. The average Bonchev–Trinajstić information content (AvgIpc) is 3.19. The molecule has 1 aromatic rings. The number of benzene rings is 1. The number of hydrogen-bond acceptors (Lipinski definition) is 5. The van der Waals surface area contributed by atoms with Crippen molar-refractivity contribution in [1.82, 2.24) is 0 Å². The second kappa shape index (κ2) is 9.69. The summed E-state index contributed by atoms with van der Waals surface area (Å²) >= 11 is 0. The van der Waals surface area contributed by atoms with Crippen molar-refractivity contribution < 1.29 is 19.3 Å². The topological polar surface area (TPSA) is 71.7 Å². The summed E-state index contributed by atoms with van der Waals surface area (Å²) < 4.78 is 18.1. The fraction of sp³-hybridized carbons (Fsp3) is 0.767. The predicted molar refractivity (Wildman–Crippen MR) is 135 cm³/mol. The Labute approximate surface area is 211 Å². The number of aliphatic hydroxyl groups is 1. The molecule has 1 heterocycles. The number of nitrogens with zero attached hydrogens (tertiary/aromatic N) is 1. The van der Waals surface area contributed by atoms with E-state index >= 15 is 0 Å². The molecule has 3 fully saturated rings. The molecule has 1 aliphatic heterocycles. The second-order valence-electron chi connectivity index (χ2n) is 11.9. The lowest BCUT2D eigenvalue weighted by Crippen LogP contribution is -2.62. The van der Waals surface area contributed by atoms with E-state index in [1.54, 1.807) is 7.11 Å². The maximum atomic E-state index is 12.6. The lowest BCUT2D eigenvalue weighted by Gasteiger charge is -2.61. The number of hydrogen-bond donors (Lipinski definition) is 1. The minimum Gasteiger partial charge on any atom is -0.497 e. The maximum Gasteiger partial charge on any atom is 0.157 e. The Hall–Kier alpha value is -1.61. The SMILES string of the molecule is CCCCCC1(O)C[C@]2(C)C(OC3CCCCO3)CC[C@H]2C2(C#N)CCc3cc(OC)ccc3[C@@H]12. The van der Waals surface area contributed by atoms with Crippen molar-refractivity contribution in [2.75, 3.05) is 13.7 Å². The van der Waals surface area contributed by atoms with Crippen LogP contribution in [0.1, 0.15) is 102 Å². The Morgan fingerprint density at radius 1 is 1.20 bits per heavy atom. The number of nitriles is 1. The van der Waals surface area contributed by atoms with Crippen LogP contribution in [0.5, 0.6) is 5.75 Å². The zero-order chi connectivity index (χ0) is 24.7. The van der Waals surface area contributed by atoms with Gasteiger partial charge in [-0.05, 0) is 87.0 Å². The van der Waals surface area contributed by atoms with E-state index in [1.165, 1.54) is 11.1 Å². The Kier molecular flexibility index (Phi) is 6.94. The lowest BCUT2D eigenvalue weighted by atomic mass is 9.43. The molecule has 5 nitrogen and oxygen atoms in total. The third-order valence-corrected chi connectivity index (χ3v) is 9.95. The summed E-state index contributed by atoms with van der Waals surface area (Å²) in [5.41, 5.74) is 0.650. The van der Waals surface area contributed by atoms with Gasteiger partial charge in [0.25, 0.3) is 0 Å². The van der Waals surface area contributed by atoms with Crippen molar-refractivity contribution >= 4 is 0 Å². The van der Waals surface area contributed by atoms with Gasteiger partial charge in [0.05, 0.1) is 30.3 Å². The minimum absolute atomic E-state index is 0.0248. The van der Waals surface area contributed by atoms with Crippen LogP contribution in [0.15, 0.2) is 18.2 Å². The first kappa shape index (κ1) is 25.1. The molecule has 0 aromatic heterocycles. The van der Waals surface area contributed by atoms with Gasteiger partial charge in [0.2, 0.25) is 0 Å².